The number of nitrogens with one attached hydrogen (secondary N) is 1. The molecule has 2 atom stereocenters. The number of hydrogen-bond acceptors (Lipinski definition) is 6. The summed E-state index contributed by atoms with van der Waals surface area (Å²) < 4.78 is 33.8. The lowest BCUT2D eigenvalue weighted by molar-refractivity contribution is -0.130. The third-order valence-corrected chi connectivity index (χ3v) is 6.83. The van der Waals surface area contributed by atoms with Gasteiger partial charge in [-0.2, -0.15) is 0 Å². The predicted octanol–water partition coefficient (Wildman–Crippen LogP) is 0.0671. The summed E-state index contributed by atoms with van der Waals surface area (Å²) in [6.07, 6.45) is 0.586. The van der Waals surface area contributed by atoms with E-state index in [0.717, 1.165) is 5.56 Å². The maximum Gasteiger partial charge on any atom is 0.231 e. The molecule has 0 aromatic heterocycles. The highest BCUT2D eigenvalue weighted by Crippen LogP contribution is 2.32. The highest BCUT2D eigenvalue weighted by molar-refractivity contribution is 7.91. The average molecular weight is 380 g/mol. The molecule has 8 nitrogen and oxygen atoms in total. The Morgan fingerprint density at radius 2 is 2.08 bits per heavy atom. The molecule has 0 unspecified atom stereocenters. The summed E-state index contributed by atoms with van der Waals surface area (Å²) in [5.74, 6) is 0.673. The van der Waals surface area contributed by atoms with Crippen molar-refractivity contribution in [2.75, 3.05) is 24.8 Å². The Labute approximate surface area is 151 Å². The first kappa shape index (κ1) is 17.1. The maximum absolute atomic E-state index is 12.4. The van der Waals surface area contributed by atoms with E-state index >= 15 is 0 Å². The number of fused-ring (bicyclic) bond motifs is 1. The van der Waals surface area contributed by atoms with Gasteiger partial charge in [0.15, 0.2) is 21.3 Å². The molecule has 1 aromatic carbocycles. The molecular formula is C17H20N2O6S. The molecule has 2 amide bonds. The smallest absolute Gasteiger partial charge is 0.231 e. The fourth-order valence-corrected chi connectivity index (χ4v) is 5.40. The summed E-state index contributed by atoms with van der Waals surface area (Å²) in [4.78, 5) is 26.2. The van der Waals surface area contributed by atoms with Crippen molar-refractivity contribution >= 4 is 21.7 Å². The molecule has 0 bridgehead atoms. The Morgan fingerprint density at radius 1 is 1.27 bits per heavy atom. The predicted molar refractivity (Wildman–Crippen MR) is 91.3 cm³/mol. The molecule has 3 aliphatic rings. The van der Waals surface area contributed by atoms with Crippen LogP contribution in [0.5, 0.6) is 11.5 Å². The second kappa shape index (κ2) is 6.46. The molecule has 140 valence electrons. The van der Waals surface area contributed by atoms with Crippen LogP contribution in [0.4, 0.5) is 0 Å². The minimum absolute atomic E-state index is 0.00424. The van der Waals surface area contributed by atoms with Crippen LogP contribution < -0.4 is 14.8 Å². The number of likely N-dealkylation sites (tertiary alicyclic amines) is 1. The van der Waals surface area contributed by atoms with E-state index < -0.39 is 15.8 Å². The number of sulfone groups is 1. The van der Waals surface area contributed by atoms with E-state index in [1.54, 1.807) is 11.0 Å². The lowest BCUT2D eigenvalue weighted by Gasteiger charge is -2.22. The Morgan fingerprint density at radius 3 is 2.85 bits per heavy atom. The highest BCUT2D eigenvalue weighted by atomic mass is 32.2. The van der Waals surface area contributed by atoms with Crippen LogP contribution >= 0.6 is 0 Å². The number of benzene rings is 1. The van der Waals surface area contributed by atoms with E-state index in [1.807, 2.05) is 12.1 Å². The van der Waals surface area contributed by atoms with Gasteiger partial charge in [-0.1, -0.05) is 6.07 Å². The molecule has 3 heterocycles. The van der Waals surface area contributed by atoms with Gasteiger partial charge in [-0.15, -0.1) is 0 Å². The van der Waals surface area contributed by atoms with Crippen molar-refractivity contribution in [3.05, 3.63) is 23.8 Å². The van der Waals surface area contributed by atoms with Crippen LogP contribution in [0, 0.1) is 5.92 Å². The first-order valence-electron chi connectivity index (χ1n) is 8.57. The molecule has 0 spiro atoms. The standard InChI is InChI=1S/C17H20N2O6S/c20-16-6-12(8-19(16)13-3-4-26(22,23)9-13)17(21)18-7-11-1-2-14-15(5-11)25-10-24-14/h1-2,5,12-13H,3-4,6-10H2,(H,18,21)/t12-,13-/m0/s1. The SMILES string of the molecule is O=C(NCc1ccc2c(c1)OCO2)[C@H]1CC(=O)N([C@H]2CCS(=O)(=O)C2)C1. The molecule has 0 saturated carbocycles. The fraction of sp³-hybridized carbons (Fsp3) is 0.529. The molecule has 26 heavy (non-hydrogen) atoms. The monoisotopic (exact) mass is 380 g/mol. The maximum atomic E-state index is 12.4. The molecular weight excluding hydrogens is 360 g/mol. The van der Waals surface area contributed by atoms with E-state index in [1.165, 1.54) is 0 Å². The number of rotatable bonds is 4. The van der Waals surface area contributed by atoms with Crippen molar-refractivity contribution in [2.24, 2.45) is 5.92 Å². The van der Waals surface area contributed by atoms with Gasteiger partial charge in [0.2, 0.25) is 18.6 Å². The van der Waals surface area contributed by atoms with Crippen molar-refractivity contribution in [1.29, 1.82) is 0 Å². The van der Waals surface area contributed by atoms with Crippen LogP contribution in [0.25, 0.3) is 0 Å². The zero-order valence-electron chi connectivity index (χ0n) is 14.1. The summed E-state index contributed by atoms with van der Waals surface area (Å²) in [7, 11) is -3.06. The lowest BCUT2D eigenvalue weighted by atomic mass is 10.1. The van der Waals surface area contributed by atoms with Crippen molar-refractivity contribution in [2.45, 2.75) is 25.4 Å². The number of carbonyl (C=O) groups excluding carboxylic acids is 2. The molecule has 1 aromatic rings. The second-order valence-corrected chi connectivity index (χ2v) is 9.14. The Kier molecular flexibility index (Phi) is 4.26. The zero-order chi connectivity index (χ0) is 18.3. The van der Waals surface area contributed by atoms with E-state index in [2.05, 4.69) is 5.32 Å². The van der Waals surface area contributed by atoms with Crippen LogP contribution in [-0.2, 0) is 26.0 Å². The number of hydrogen-bond donors (Lipinski definition) is 1. The van der Waals surface area contributed by atoms with Crippen LogP contribution in [0.3, 0.4) is 0 Å². The summed E-state index contributed by atoms with van der Waals surface area (Å²) in [6, 6.07) is 5.17. The molecule has 2 saturated heterocycles. The molecule has 0 aliphatic carbocycles. The molecule has 0 radical (unpaired) electrons. The number of amides is 2. The lowest BCUT2D eigenvalue weighted by Crippen LogP contribution is -2.39. The summed E-state index contributed by atoms with van der Waals surface area (Å²) in [6.45, 7) is 0.812. The van der Waals surface area contributed by atoms with E-state index in [9.17, 15) is 18.0 Å². The van der Waals surface area contributed by atoms with E-state index in [4.69, 9.17) is 9.47 Å². The van der Waals surface area contributed by atoms with E-state index in [-0.39, 0.29) is 49.1 Å². The summed E-state index contributed by atoms with van der Waals surface area (Å²) >= 11 is 0. The van der Waals surface area contributed by atoms with Crippen molar-refractivity contribution < 1.29 is 27.5 Å². The number of ether oxygens (including phenoxy) is 2. The molecule has 4 rings (SSSR count). The second-order valence-electron chi connectivity index (χ2n) is 6.91. The van der Waals surface area contributed by atoms with Gasteiger partial charge in [-0.3, -0.25) is 9.59 Å². The van der Waals surface area contributed by atoms with Crippen molar-refractivity contribution in [1.82, 2.24) is 10.2 Å². The van der Waals surface area contributed by atoms with Gasteiger partial charge in [0.25, 0.3) is 0 Å². The first-order valence-corrected chi connectivity index (χ1v) is 10.4. The Bertz CT molecular complexity index is 853. The van der Waals surface area contributed by atoms with Gasteiger partial charge in [0.05, 0.1) is 17.4 Å². The summed E-state index contributed by atoms with van der Waals surface area (Å²) in [5, 5.41) is 2.85. The Balaban J connectivity index is 1.33. The van der Waals surface area contributed by atoms with Crippen LogP contribution in [-0.4, -0.2) is 56.0 Å². The third kappa shape index (κ3) is 3.35. The largest absolute Gasteiger partial charge is 0.454 e. The van der Waals surface area contributed by atoms with E-state index in [0.29, 0.717) is 24.5 Å². The molecule has 3 aliphatic heterocycles. The third-order valence-electron chi connectivity index (χ3n) is 5.08. The minimum Gasteiger partial charge on any atom is -0.454 e. The normalized spacial score (nSPS) is 26.3. The molecule has 1 N–H and O–H groups in total. The highest BCUT2D eigenvalue weighted by Gasteiger charge is 2.41. The molecule has 2 fully saturated rings. The van der Waals surface area contributed by atoms with Crippen LogP contribution in [0.1, 0.15) is 18.4 Å². The minimum atomic E-state index is -3.06. The summed E-state index contributed by atoms with van der Waals surface area (Å²) in [5.41, 5.74) is 0.880. The fourth-order valence-electron chi connectivity index (χ4n) is 3.67. The Hall–Kier alpha value is -2.29. The topological polar surface area (TPSA) is 102 Å². The van der Waals surface area contributed by atoms with Gasteiger partial charge in [-0.05, 0) is 24.1 Å². The van der Waals surface area contributed by atoms with Crippen LogP contribution in [0.2, 0.25) is 0 Å². The van der Waals surface area contributed by atoms with Crippen molar-refractivity contribution in [3.63, 3.8) is 0 Å². The van der Waals surface area contributed by atoms with Crippen molar-refractivity contribution in [3.8, 4) is 11.5 Å². The van der Waals surface area contributed by atoms with Gasteiger partial charge >= 0.3 is 0 Å². The first-order chi connectivity index (χ1) is 12.4. The van der Waals surface area contributed by atoms with Gasteiger partial charge in [0, 0.05) is 25.6 Å². The number of carbonyl (C=O) groups is 2. The quantitative estimate of drug-likeness (QED) is 0.793. The average Bonchev–Trinajstić information content (AvgIpc) is 3.30. The van der Waals surface area contributed by atoms with Gasteiger partial charge < -0.3 is 19.7 Å². The molecule has 9 heteroatoms. The van der Waals surface area contributed by atoms with Gasteiger partial charge in [0.1, 0.15) is 0 Å². The van der Waals surface area contributed by atoms with Crippen LogP contribution in [0.15, 0.2) is 18.2 Å². The number of nitrogens with zero attached hydrogens (tertiary/aromatic N) is 1. The van der Waals surface area contributed by atoms with Gasteiger partial charge in [-0.25, -0.2) is 8.42 Å². The zero-order valence-corrected chi connectivity index (χ0v) is 15.0.